The molecule has 19 heteroatoms. The number of carbonyl (C=O) groups excluding carboxylic acids is 4. The van der Waals surface area contributed by atoms with Crippen molar-refractivity contribution in [1.29, 1.82) is 0 Å². The Hall–Kier alpha value is -2.98. The topological polar surface area (TPSA) is 237 Å². The van der Waals surface area contributed by atoms with Gasteiger partial charge in [-0.1, -0.05) is 320 Å². The van der Waals surface area contributed by atoms with Crippen molar-refractivity contribution in [3.05, 3.63) is 48.6 Å². The Morgan fingerprint density at radius 1 is 0.296 bits per heavy atom. The number of esters is 4. The van der Waals surface area contributed by atoms with E-state index in [1.807, 2.05) is 0 Å². The van der Waals surface area contributed by atoms with Crippen molar-refractivity contribution < 1.29 is 80.2 Å². The van der Waals surface area contributed by atoms with Crippen molar-refractivity contribution in [1.82, 2.24) is 0 Å². The van der Waals surface area contributed by atoms with Gasteiger partial charge in [0.1, 0.15) is 19.3 Å². The molecule has 98 heavy (non-hydrogen) atoms. The molecular formula is C79H146O17P2. The number of aliphatic hydroxyl groups excluding tert-OH is 1. The Kier molecular flexibility index (Phi) is 70.2. The van der Waals surface area contributed by atoms with Gasteiger partial charge in [0.25, 0.3) is 0 Å². The third-order valence-corrected chi connectivity index (χ3v) is 19.2. The van der Waals surface area contributed by atoms with E-state index in [2.05, 4.69) is 76.3 Å². The minimum Gasteiger partial charge on any atom is -0.462 e. The summed E-state index contributed by atoms with van der Waals surface area (Å²) in [5, 5.41) is 10.6. The summed E-state index contributed by atoms with van der Waals surface area (Å²) in [5.41, 5.74) is 0. The second-order valence-corrected chi connectivity index (χ2v) is 29.9. The van der Waals surface area contributed by atoms with Crippen LogP contribution in [0.1, 0.15) is 374 Å². The molecule has 0 aliphatic carbocycles. The van der Waals surface area contributed by atoms with E-state index in [4.69, 9.17) is 37.0 Å². The minimum atomic E-state index is -4.97. The second-order valence-electron chi connectivity index (χ2n) is 27.0. The van der Waals surface area contributed by atoms with Gasteiger partial charge in [-0.15, -0.1) is 0 Å². The van der Waals surface area contributed by atoms with Crippen LogP contribution >= 0.6 is 15.6 Å². The molecule has 0 radical (unpaired) electrons. The predicted molar refractivity (Wildman–Crippen MR) is 400 cm³/mol. The Morgan fingerprint density at radius 3 is 0.857 bits per heavy atom. The highest BCUT2D eigenvalue weighted by Gasteiger charge is 2.30. The van der Waals surface area contributed by atoms with E-state index >= 15 is 0 Å². The van der Waals surface area contributed by atoms with Crippen LogP contribution in [0, 0.1) is 0 Å². The van der Waals surface area contributed by atoms with Crippen LogP contribution in [-0.4, -0.2) is 96.7 Å². The lowest BCUT2D eigenvalue weighted by Gasteiger charge is -2.21. The molecule has 0 aliphatic rings. The molecule has 0 aromatic heterocycles. The second kappa shape index (κ2) is 72.4. The molecule has 0 aromatic carbocycles. The smallest absolute Gasteiger partial charge is 0.462 e. The Bertz CT molecular complexity index is 2050. The van der Waals surface area contributed by atoms with Crippen molar-refractivity contribution in [2.75, 3.05) is 39.6 Å². The Balaban J connectivity index is 5.28. The molecule has 17 nitrogen and oxygen atoms in total. The summed E-state index contributed by atoms with van der Waals surface area (Å²) in [5.74, 6) is -2.15. The molecule has 3 N–H and O–H groups in total. The van der Waals surface area contributed by atoms with Gasteiger partial charge >= 0.3 is 39.5 Å². The van der Waals surface area contributed by atoms with Crippen molar-refractivity contribution in [3.63, 3.8) is 0 Å². The van der Waals surface area contributed by atoms with Gasteiger partial charge in [-0.05, 0) is 77.0 Å². The van der Waals surface area contributed by atoms with Gasteiger partial charge in [-0.25, -0.2) is 9.13 Å². The van der Waals surface area contributed by atoms with E-state index in [0.717, 1.165) is 148 Å². The minimum absolute atomic E-state index is 0.0912. The number of aliphatic hydroxyl groups is 1. The van der Waals surface area contributed by atoms with Crippen LogP contribution in [0.25, 0.3) is 0 Å². The summed E-state index contributed by atoms with van der Waals surface area (Å²) in [6.45, 7) is 4.79. The molecule has 0 aliphatic heterocycles. The van der Waals surface area contributed by atoms with E-state index < -0.39 is 97.5 Å². The molecule has 0 spiro atoms. The number of hydrogen-bond acceptors (Lipinski definition) is 15. The SMILES string of the molecule is CC/C=C\C/C=C\C/C=C\CCCCCCCCCC(=O)OCC(COP(=O)(O)OCC(O)COP(=O)(O)OCC(COC(=O)CCCCCCCCCCCCCCCCC)OC(=O)CCCCCCC/C=C\CCCC)OC(=O)CCCCCCCCCCCCCCCCC. The van der Waals surface area contributed by atoms with Gasteiger partial charge in [0.2, 0.25) is 0 Å². The van der Waals surface area contributed by atoms with Crippen LogP contribution in [0.4, 0.5) is 0 Å². The monoisotopic (exact) mass is 1430 g/mol. The maximum Gasteiger partial charge on any atom is 0.472 e. The quantitative estimate of drug-likeness (QED) is 0.0169. The predicted octanol–water partition coefficient (Wildman–Crippen LogP) is 22.9. The third-order valence-electron chi connectivity index (χ3n) is 17.3. The highest BCUT2D eigenvalue weighted by Crippen LogP contribution is 2.45. The Labute approximate surface area is 597 Å². The number of carbonyl (C=O) groups is 4. The number of unbranched alkanes of at least 4 members (excludes halogenated alkanes) is 42. The first kappa shape index (κ1) is 95.0. The van der Waals surface area contributed by atoms with Crippen molar-refractivity contribution in [2.45, 2.75) is 393 Å². The zero-order chi connectivity index (χ0) is 71.8. The molecule has 0 amide bonds. The van der Waals surface area contributed by atoms with E-state index in [1.54, 1.807) is 0 Å². The van der Waals surface area contributed by atoms with Crippen LogP contribution in [0.15, 0.2) is 48.6 Å². The number of rotatable bonds is 76. The molecule has 0 aromatic rings. The van der Waals surface area contributed by atoms with Crippen molar-refractivity contribution in [2.24, 2.45) is 0 Å². The van der Waals surface area contributed by atoms with Gasteiger partial charge in [0, 0.05) is 25.7 Å². The average molecular weight is 1430 g/mol. The lowest BCUT2D eigenvalue weighted by atomic mass is 10.0. The number of phosphoric acid groups is 2. The summed E-state index contributed by atoms with van der Waals surface area (Å²) in [6.07, 6.45) is 69.5. The molecule has 574 valence electrons. The van der Waals surface area contributed by atoms with E-state index in [-0.39, 0.29) is 25.7 Å². The maximum atomic E-state index is 13.1. The first-order valence-electron chi connectivity index (χ1n) is 39.9. The van der Waals surface area contributed by atoms with E-state index in [9.17, 15) is 43.2 Å². The molecule has 0 saturated carbocycles. The van der Waals surface area contributed by atoms with Crippen LogP contribution in [-0.2, 0) is 65.4 Å². The van der Waals surface area contributed by atoms with Crippen molar-refractivity contribution in [3.8, 4) is 0 Å². The van der Waals surface area contributed by atoms with E-state index in [0.29, 0.717) is 25.7 Å². The fourth-order valence-electron chi connectivity index (χ4n) is 11.2. The highest BCUT2D eigenvalue weighted by molar-refractivity contribution is 7.47. The third kappa shape index (κ3) is 71.4. The summed E-state index contributed by atoms with van der Waals surface area (Å²) in [4.78, 5) is 72.9. The average Bonchev–Trinajstić information content (AvgIpc) is 0.986. The van der Waals surface area contributed by atoms with Gasteiger partial charge < -0.3 is 33.8 Å². The van der Waals surface area contributed by atoms with Gasteiger partial charge in [-0.3, -0.25) is 37.3 Å². The number of hydrogen-bond donors (Lipinski definition) is 3. The lowest BCUT2D eigenvalue weighted by molar-refractivity contribution is -0.161. The maximum absolute atomic E-state index is 13.1. The molecule has 0 heterocycles. The fraction of sp³-hybridized carbons (Fsp3) is 0.848. The fourth-order valence-corrected chi connectivity index (χ4v) is 12.8. The summed E-state index contributed by atoms with van der Waals surface area (Å²) < 4.78 is 68.6. The normalized spacial score (nSPS) is 14.2. The van der Waals surface area contributed by atoms with Gasteiger partial charge in [0.15, 0.2) is 12.2 Å². The zero-order valence-corrected chi connectivity index (χ0v) is 64.5. The molecule has 0 bridgehead atoms. The number of phosphoric ester groups is 2. The van der Waals surface area contributed by atoms with Crippen molar-refractivity contribution >= 4 is 39.5 Å². The lowest BCUT2D eigenvalue weighted by Crippen LogP contribution is -2.30. The highest BCUT2D eigenvalue weighted by atomic mass is 31.2. The first-order chi connectivity index (χ1) is 47.7. The molecule has 0 rings (SSSR count). The van der Waals surface area contributed by atoms with Crippen LogP contribution < -0.4 is 0 Å². The van der Waals surface area contributed by atoms with Crippen LogP contribution in [0.3, 0.4) is 0 Å². The zero-order valence-electron chi connectivity index (χ0n) is 62.7. The summed E-state index contributed by atoms with van der Waals surface area (Å²) >= 11 is 0. The van der Waals surface area contributed by atoms with Gasteiger partial charge in [0.05, 0.1) is 26.4 Å². The molecular weight excluding hydrogens is 1280 g/mol. The summed E-state index contributed by atoms with van der Waals surface area (Å²) in [6, 6.07) is 0. The summed E-state index contributed by atoms with van der Waals surface area (Å²) in [7, 11) is -9.93. The number of ether oxygens (including phenoxy) is 4. The van der Waals surface area contributed by atoms with Crippen LogP contribution in [0.2, 0.25) is 0 Å². The van der Waals surface area contributed by atoms with Gasteiger partial charge in [-0.2, -0.15) is 0 Å². The largest absolute Gasteiger partial charge is 0.472 e. The Morgan fingerprint density at radius 2 is 0.541 bits per heavy atom. The molecule has 5 atom stereocenters. The molecule has 5 unspecified atom stereocenters. The molecule has 0 fully saturated rings. The molecule has 0 saturated heterocycles. The first-order valence-corrected chi connectivity index (χ1v) is 42.9. The van der Waals surface area contributed by atoms with Crippen LogP contribution in [0.5, 0.6) is 0 Å². The number of allylic oxidation sites excluding steroid dienone is 8. The van der Waals surface area contributed by atoms with E-state index in [1.165, 1.54) is 148 Å². The standard InChI is InChI=1S/C79H146O17P2/c1-5-9-13-17-21-25-29-32-35-36-39-41-45-48-52-56-60-64-77(82)90-70-75(96-79(84)66-62-58-54-50-46-42-38-34-31-27-23-19-15-11-7-3)72-94-98(87,88)92-68-73(80)67-91-97(85,86)93-71-74(95-78(83)65-61-57-53-49-43-28-24-20-16-12-8-4)69-89-76(81)63-59-55-51-47-44-40-37-33-30-26-22-18-14-10-6-2/h9,13,20-21,24-25,32,35,73-75,80H,5-8,10-12,14-19,22-23,26-31,33-34,36-72H2,1-4H3,(H,85,86)(H,87,88)/b13-9-,24-20-,25-21-,35-32-.